The maximum atomic E-state index is 14.4. The van der Waals surface area contributed by atoms with Gasteiger partial charge in [0.05, 0.1) is 18.4 Å². The average Bonchev–Trinajstić information content (AvgIpc) is 3.59. The third kappa shape index (κ3) is 7.24. The fourth-order valence-corrected chi connectivity index (χ4v) is 4.93. The maximum absolute atomic E-state index is 14.4. The minimum atomic E-state index is -5.46. The van der Waals surface area contributed by atoms with E-state index in [9.17, 15) is 22.8 Å². The van der Waals surface area contributed by atoms with Crippen LogP contribution in [0.1, 0.15) is 31.9 Å². The zero-order valence-corrected chi connectivity index (χ0v) is 26.1. The van der Waals surface area contributed by atoms with Crippen LogP contribution in [0, 0.1) is 0 Å². The lowest BCUT2D eigenvalue weighted by atomic mass is 9.99. The lowest BCUT2D eigenvalue weighted by molar-refractivity contribution is -0.213. The second kappa shape index (κ2) is 13.9. The Morgan fingerprint density at radius 3 is 2.52 bits per heavy atom. The van der Waals surface area contributed by atoms with Gasteiger partial charge in [-0.15, -0.1) is 0 Å². The predicted octanol–water partition coefficient (Wildman–Crippen LogP) is 5.27. The molecule has 2 heterocycles. The lowest BCUT2D eigenvalue weighted by Crippen LogP contribution is -2.54. The van der Waals surface area contributed by atoms with Crippen LogP contribution in [0.15, 0.2) is 85.6 Å². The molecule has 48 heavy (non-hydrogen) atoms. The molecule has 0 aliphatic rings. The minimum Gasteiger partial charge on any atom is -0.490 e. The molecule has 15 heteroatoms. The Morgan fingerprint density at radius 1 is 1.02 bits per heavy atom. The van der Waals surface area contributed by atoms with Crippen LogP contribution in [0.3, 0.4) is 0 Å². The van der Waals surface area contributed by atoms with Crippen LogP contribution in [-0.2, 0) is 26.6 Å². The summed E-state index contributed by atoms with van der Waals surface area (Å²) in [7, 11) is 0. The first-order valence-corrected chi connectivity index (χ1v) is 14.8. The molecule has 0 aliphatic carbocycles. The first kappa shape index (κ1) is 33.5. The Morgan fingerprint density at radius 2 is 1.81 bits per heavy atom. The van der Waals surface area contributed by atoms with Gasteiger partial charge in [0.1, 0.15) is 18.5 Å². The Hall–Kier alpha value is -5.86. The molecule has 0 bridgehead atoms. The van der Waals surface area contributed by atoms with E-state index < -0.39 is 23.8 Å². The van der Waals surface area contributed by atoms with Gasteiger partial charge in [0.25, 0.3) is 11.6 Å². The number of esters is 1. The molecule has 0 radical (unpaired) electrons. The number of nitrogens with one attached hydrogen (secondary N) is 2. The van der Waals surface area contributed by atoms with Crippen LogP contribution in [-0.4, -0.2) is 50.5 Å². The number of para-hydroxylation sites is 1. The number of aromatic nitrogens is 4. The smallest absolute Gasteiger partial charge is 0.490 e. The van der Waals surface area contributed by atoms with Crippen molar-refractivity contribution in [1.29, 1.82) is 0 Å². The van der Waals surface area contributed by atoms with Crippen molar-refractivity contribution in [2.75, 3.05) is 17.7 Å². The number of rotatable bonds is 12. The Bertz CT molecular complexity index is 1920. The van der Waals surface area contributed by atoms with Gasteiger partial charge >= 0.3 is 12.1 Å². The lowest BCUT2D eigenvalue weighted by Gasteiger charge is -2.35. The van der Waals surface area contributed by atoms with E-state index in [2.05, 4.69) is 25.7 Å². The van der Waals surface area contributed by atoms with Crippen molar-refractivity contribution in [2.24, 2.45) is 0 Å². The summed E-state index contributed by atoms with van der Waals surface area (Å²) >= 11 is 0. The fraction of sp³-hybridized carbons (Fsp3) is 0.242. The number of hydrogen-bond acceptors (Lipinski definition) is 10. The molecule has 5 aromatic rings. The predicted molar refractivity (Wildman–Crippen MR) is 170 cm³/mol. The largest absolute Gasteiger partial charge is 0.491 e. The number of pyridine rings is 1. The monoisotopic (exact) mass is 663 g/mol. The van der Waals surface area contributed by atoms with E-state index in [1.165, 1.54) is 53.9 Å². The molecule has 0 saturated carbocycles. The molecule has 3 aromatic carbocycles. The van der Waals surface area contributed by atoms with Gasteiger partial charge < -0.3 is 30.6 Å². The van der Waals surface area contributed by atoms with Crippen molar-refractivity contribution < 1.29 is 37.0 Å². The number of carbonyl (C=O) groups is 2. The average molecular weight is 664 g/mol. The summed E-state index contributed by atoms with van der Waals surface area (Å²) in [5.41, 5.74) is 4.24. The number of nitrogens with two attached hydrogens (primary N) is 1. The summed E-state index contributed by atoms with van der Waals surface area (Å²) < 4.78 is 59.9. The van der Waals surface area contributed by atoms with E-state index in [0.717, 1.165) is 0 Å². The number of hydrogen-bond donors (Lipinski definition) is 3. The molecule has 250 valence electrons. The normalized spacial score (nSPS) is 12.7. The van der Waals surface area contributed by atoms with Gasteiger partial charge in [-0.05, 0) is 80.3 Å². The molecule has 0 fully saturated rings. The van der Waals surface area contributed by atoms with Crippen LogP contribution < -0.4 is 25.8 Å². The molecule has 1 atom stereocenters. The van der Waals surface area contributed by atoms with Gasteiger partial charge in [0.15, 0.2) is 11.5 Å². The summed E-state index contributed by atoms with van der Waals surface area (Å²) in [5.74, 6) is -3.13. The summed E-state index contributed by atoms with van der Waals surface area (Å²) in [6.07, 6.45) is -1.50. The van der Waals surface area contributed by atoms with Crippen molar-refractivity contribution in [1.82, 2.24) is 25.1 Å². The summed E-state index contributed by atoms with van der Waals surface area (Å²) in [6, 6.07) is 17.2. The molecule has 5 rings (SSSR count). The highest BCUT2D eigenvalue weighted by molar-refractivity contribution is 5.95. The van der Waals surface area contributed by atoms with Crippen LogP contribution in [0.5, 0.6) is 11.5 Å². The first-order chi connectivity index (χ1) is 22.9. The number of anilines is 2. The van der Waals surface area contributed by atoms with E-state index in [1.54, 1.807) is 57.2 Å². The van der Waals surface area contributed by atoms with Crippen molar-refractivity contribution in [3.63, 3.8) is 0 Å². The van der Waals surface area contributed by atoms with E-state index >= 15 is 0 Å². The van der Waals surface area contributed by atoms with Crippen molar-refractivity contribution >= 4 is 34.2 Å². The molecule has 0 aliphatic heterocycles. The van der Waals surface area contributed by atoms with Gasteiger partial charge in [0, 0.05) is 29.4 Å². The van der Waals surface area contributed by atoms with E-state index in [1.807, 2.05) is 0 Å². The topological polar surface area (TPSA) is 156 Å². The van der Waals surface area contributed by atoms with Crippen LogP contribution in [0.4, 0.5) is 24.7 Å². The number of ether oxygens (including phenoxy) is 3. The highest BCUT2D eigenvalue weighted by Crippen LogP contribution is 2.38. The van der Waals surface area contributed by atoms with Gasteiger partial charge in [-0.2, -0.15) is 18.3 Å². The van der Waals surface area contributed by atoms with E-state index in [4.69, 9.17) is 19.9 Å². The maximum Gasteiger partial charge on any atom is 0.491 e. The third-order valence-corrected chi connectivity index (χ3v) is 7.02. The Balaban J connectivity index is 1.66. The highest BCUT2D eigenvalue weighted by atomic mass is 19.4. The van der Waals surface area contributed by atoms with E-state index in [-0.39, 0.29) is 47.8 Å². The highest BCUT2D eigenvalue weighted by Gasteiger charge is 2.52. The number of nitrogen functional groups attached to an aromatic ring is 1. The zero-order valence-electron chi connectivity index (χ0n) is 26.1. The molecule has 0 saturated heterocycles. The molecule has 1 unspecified atom stereocenters. The standard InChI is InChI=1S/C33H32F3N7O5/c1-4-46-28-16-23(9-12-27(28)47-20(2)3)32(48-31(45)33(34,35)36,42-24-10-11-25-21(15-24)13-14-39-29(25)37)30(44)40-17-22-7-5-6-8-26(22)43-19-38-18-41-43/h5-16,18-20,42H,4,17H2,1-3H3,(H2,37,39)(H,40,44). The van der Waals surface area contributed by atoms with Crippen molar-refractivity contribution in [3.8, 4) is 17.2 Å². The van der Waals surface area contributed by atoms with E-state index in [0.29, 0.717) is 22.0 Å². The van der Waals surface area contributed by atoms with Crippen LogP contribution in [0.2, 0.25) is 0 Å². The number of halogens is 3. The summed E-state index contributed by atoms with van der Waals surface area (Å²) in [6.45, 7) is 5.23. The van der Waals surface area contributed by atoms with Crippen molar-refractivity contribution in [3.05, 3.63) is 96.7 Å². The molecule has 0 spiro atoms. The molecule has 12 nitrogen and oxygen atoms in total. The number of carbonyl (C=O) groups excluding carboxylic acids is 2. The molecular formula is C33H32F3N7O5. The number of fused-ring (bicyclic) bond motifs is 1. The number of benzene rings is 3. The van der Waals surface area contributed by atoms with Crippen LogP contribution >= 0.6 is 0 Å². The minimum absolute atomic E-state index is 0.111. The molecular weight excluding hydrogens is 631 g/mol. The second-order valence-corrected chi connectivity index (χ2v) is 10.7. The van der Waals surface area contributed by atoms with Gasteiger partial charge in [0.2, 0.25) is 0 Å². The van der Waals surface area contributed by atoms with Crippen LogP contribution in [0.25, 0.3) is 16.5 Å². The Kier molecular flexibility index (Phi) is 9.68. The number of alkyl halides is 3. The summed E-state index contributed by atoms with van der Waals surface area (Å²) in [4.78, 5) is 35.0. The quantitative estimate of drug-likeness (QED) is 0.119. The molecule has 2 aromatic heterocycles. The van der Waals surface area contributed by atoms with Crippen molar-refractivity contribution in [2.45, 2.75) is 45.3 Å². The second-order valence-electron chi connectivity index (χ2n) is 10.7. The fourth-order valence-electron chi connectivity index (χ4n) is 4.93. The number of amides is 1. The zero-order chi connectivity index (χ0) is 34.5. The molecule has 1 amide bonds. The van der Waals surface area contributed by atoms with Gasteiger partial charge in [-0.3, -0.25) is 4.79 Å². The van der Waals surface area contributed by atoms with Gasteiger partial charge in [-0.25, -0.2) is 19.4 Å². The SMILES string of the molecule is CCOc1cc(C(Nc2ccc3c(N)nccc3c2)(OC(=O)C(F)(F)F)C(=O)NCc2ccccc2-n2cncn2)ccc1OC(C)C. The van der Waals surface area contributed by atoms with Gasteiger partial charge in [-0.1, -0.05) is 18.2 Å². The number of nitrogens with zero attached hydrogens (tertiary/aromatic N) is 4. The first-order valence-electron chi connectivity index (χ1n) is 14.8. The summed E-state index contributed by atoms with van der Waals surface area (Å²) in [5, 5.41) is 10.7. The Labute approximate surface area is 273 Å². The molecule has 4 N–H and O–H groups in total. The third-order valence-electron chi connectivity index (χ3n) is 7.02.